The van der Waals surface area contributed by atoms with Crippen molar-refractivity contribution in [2.75, 3.05) is 5.32 Å². The highest BCUT2D eigenvalue weighted by Gasteiger charge is 2.16. The molecule has 0 spiro atoms. The van der Waals surface area contributed by atoms with Crippen LogP contribution in [-0.2, 0) is 0 Å². The summed E-state index contributed by atoms with van der Waals surface area (Å²) in [4.78, 5) is 22.6. The summed E-state index contributed by atoms with van der Waals surface area (Å²) < 4.78 is 0.668. The zero-order valence-corrected chi connectivity index (χ0v) is 13.7. The number of carbonyl (C=O) groups excluding carboxylic acids is 1. The Morgan fingerprint density at radius 2 is 1.95 bits per heavy atom. The first kappa shape index (κ1) is 15.4. The van der Waals surface area contributed by atoms with Crippen LogP contribution in [0.1, 0.15) is 21.5 Å². The molecule has 1 N–H and O–H groups in total. The summed E-state index contributed by atoms with van der Waals surface area (Å²) in [5, 5.41) is 13.6. The lowest BCUT2D eigenvalue weighted by molar-refractivity contribution is -0.384. The van der Waals surface area contributed by atoms with Gasteiger partial charge in [0.05, 0.1) is 10.5 Å². The predicted octanol–water partition coefficient (Wildman–Crippen LogP) is 4.07. The molecule has 0 unspecified atom stereocenters. The smallest absolute Gasteiger partial charge is 0.270 e. The van der Waals surface area contributed by atoms with Crippen LogP contribution in [0.5, 0.6) is 0 Å². The normalized spacial score (nSPS) is 10.2. The second kappa shape index (κ2) is 6.21. The lowest BCUT2D eigenvalue weighted by Crippen LogP contribution is -2.14. The van der Waals surface area contributed by atoms with Crippen molar-refractivity contribution in [2.45, 2.75) is 13.8 Å². The van der Waals surface area contributed by atoms with Crippen LogP contribution < -0.4 is 5.32 Å². The first-order valence-electron chi connectivity index (χ1n) is 6.21. The van der Waals surface area contributed by atoms with Crippen LogP contribution in [0.15, 0.2) is 36.4 Å². The first-order valence-corrected chi connectivity index (χ1v) is 7.29. The molecule has 0 aliphatic rings. The minimum absolute atomic E-state index is 0.0958. The summed E-state index contributed by atoms with van der Waals surface area (Å²) >= 11 is 1.99. The van der Waals surface area contributed by atoms with Gasteiger partial charge in [-0.3, -0.25) is 14.9 Å². The van der Waals surface area contributed by atoms with E-state index in [-0.39, 0.29) is 11.6 Å². The van der Waals surface area contributed by atoms with E-state index in [9.17, 15) is 14.9 Å². The van der Waals surface area contributed by atoms with E-state index in [0.29, 0.717) is 14.8 Å². The Morgan fingerprint density at radius 3 is 2.62 bits per heavy atom. The minimum Gasteiger partial charge on any atom is -0.322 e. The van der Waals surface area contributed by atoms with E-state index in [1.165, 1.54) is 12.1 Å². The number of nitrogens with one attached hydrogen (secondary N) is 1. The van der Waals surface area contributed by atoms with Gasteiger partial charge in [-0.2, -0.15) is 0 Å². The molecule has 21 heavy (non-hydrogen) atoms. The molecule has 2 aromatic rings. The third kappa shape index (κ3) is 3.38. The quantitative estimate of drug-likeness (QED) is 0.483. The van der Waals surface area contributed by atoms with E-state index in [0.717, 1.165) is 11.1 Å². The van der Waals surface area contributed by atoms with Crippen molar-refractivity contribution in [3.8, 4) is 0 Å². The highest BCUT2D eigenvalue weighted by Crippen LogP contribution is 2.23. The van der Waals surface area contributed by atoms with E-state index >= 15 is 0 Å². The highest BCUT2D eigenvalue weighted by atomic mass is 127. The largest absolute Gasteiger partial charge is 0.322 e. The first-order chi connectivity index (χ1) is 9.90. The maximum Gasteiger partial charge on any atom is 0.270 e. The van der Waals surface area contributed by atoms with Gasteiger partial charge in [0.25, 0.3) is 11.6 Å². The summed E-state index contributed by atoms with van der Waals surface area (Å²) in [6, 6.07) is 9.87. The van der Waals surface area contributed by atoms with Crippen LogP contribution in [-0.4, -0.2) is 10.8 Å². The number of halogens is 1. The molecule has 0 saturated carbocycles. The number of carbonyl (C=O) groups is 1. The molecular weight excluding hydrogens is 383 g/mol. The summed E-state index contributed by atoms with van der Waals surface area (Å²) in [7, 11) is 0. The van der Waals surface area contributed by atoms with Crippen molar-refractivity contribution in [1.29, 1.82) is 0 Å². The number of nitrogens with zero attached hydrogens (tertiary/aromatic N) is 1. The molecule has 0 atom stereocenters. The third-order valence-electron chi connectivity index (χ3n) is 3.26. The fraction of sp³-hybridized carbons (Fsp3) is 0.133. The second-order valence-electron chi connectivity index (χ2n) is 4.62. The van der Waals surface area contributed by atoms with Crippen molar-refractivity contribution in [3.05, 3.63) is 66.8 Å². The average molecular weight is 396 g/mol. The van der Waals surface area contributed by atoms with E-state index in [1.807, 2.05) is 54.6 Å². The number of benzene rings is 2. The van der Waals surface area contributed by atoms with E-state index < -0.39 is 4.92 Å². The van der Waals surface area contributed by atoms with Crippen LogP contribution in [0.4, 0.5) is 11.4 Å². The van der Waals surface area contributed by atoms with E-state index in [2.05, 4.69) is 5.32 Å². The number of nitro groups is 1. The van der Waals surface area contributed by atoms with E-state index in [1.54, 1.807) is 6.07 Å². The maximum absolute atomic E-state index is 12.3. The number of anilines is 1. The molecule has 0 fully saturated rings. The number of hydrogen-bond donors (Lipinski definition) is 1. The van der Waals surface area contributed by atoms with Gasteiger partial charge in [0.1, 0.15) is 0 Å². The number of aryl methyl sites for hydroxylation is 1. The summed E-state index contributed by atoms with van der Waals surface area (Å²) in [6.45, 7) is 3.88. The third-order valence-corrected chi connectivity index (χ3v) is 4.20. The molecule has 0 radical (unpaired) electrons. The monoisotopic (exact) mass is 396 g/mol. The van der Waals surface area contributed by atoms with Crippen molar-refractivity contribution in [3.63, 3.8) is 0 Å². The molecule has 0 aliphatic heterocycles. The SMILES string of the molecule is Cc1cccc(NC(=O)c2cc([N+](=O)[O-])ccc2I)c1C. The molecule has 0 bridgehead atoms. The Morgan fingerprint density at radius 1 is 1.24 bits per heavy atom. The summed E-state index contributed by atoms with van der Waals surface area (Å²) in [6.07, 6.45) is 0. The van der Waals surface area contributed by atoms with Gasteiger partial charge in [0.2, 0.25) is 0 Å². The summed E-state index contributed by atoms with van der Waals surface area (Å²) in [5.74, 6) is -0.350. The minimum atomic E-state index is -0.509. The van der Waals surface area contributed by atoms with Gasteiger partial charge in [-0.25, -0.2) is 0 Å². The van der Waals surface area contributed by atoms with Gasteiger partial charge in [0, 0.05) is 21.4 Å². The molecule has 2 aromatic carbocycles. The molecule has 5 nitrogen and oxygen atoms in total. The van der Waals surface area contributed by atoms with E-state index in [4.69, 9.17) is 0 Å². The Hall–Kier alpha value is -1.96. The van der Waals surface area contributed by atoms with Gasteiger partial charge in [-0.1, -0.05) is 12.1 Å². The zero-order chi connectivity index (χ0) is 15.6. The standard InChI is InChI=1S/C15H13IN2O3/c1-9-4-3-5-14(10(9)2)17-15(19)12-8-11(18(20)21)6-7-13(12)16/h3-8H,1-2H3,(H,17,19). The number of hydrogen-bond acceptors (Lipinski definition) is 3. The predicted molar refractivity (Wildman–Crippen MR) is 89.7 cm³/mol. The fourth-order valence-corrected chi connectivity index (χ4v) is 2.46. The molecule has 0 aliphatic carbocycles. The van der Waals surface area contributed by atoms with Gasteiger partial charge in [-0.05, 0) is 59.7 Å². The molecule has 0 saturated heterocycles. The molecular formula is C15H13IN2O3. The lowest BCUT2D eigenvalue weighted by atomic mass is 10.1. The summed E-state index contributed by atoms with van der Waals surface area (Å²) in [5.41, 5.74) is 2.96. The number of amides is 1. The number of rotatable bonds is 3. The molecule has 1 amide bonds. The Bertz CT molecular complexity index is 729. The lowest BCUT2D eigenvalue weighted by Gasteiger charge is -2.11. The Balaban J connectivity index is 2.34. The number of non-ortho nitro benzene ring substituents is 1. The molecule has 6 heteroatoms. The van der Waals surface area contributed by atoms with Crippen LogP contribution in [0.2, 0.25) is 0 Å². The van der Waals surface area contributed by atoms with Crippen molar-refractivity contribution >= 4 is 39.9 Å². The molecule has 108 valence electrons. The second-order valence-corrected chi connectivity index (χ2v) is 5.79. The fourth-order valence-electron chi connectivity index (χ4n) is 1.88. The van der Waals surface area contributed by atoms with Crippen molar-refractivity contribution < 1.29 is 9.72 Å². The van der Waals surface area contributed by atoms with Crippen LogP contribution >= 0.6 is 22.6 Å². The van der Waals surface area contributed by atoms with Crippen LogP contribution in [0, 0.1) is 27.5 Å². The van der Waals surface area contributed by atoms with Crippen LogP contribution in [0.3, 0.4) is 0 Å². The van der Waals surface area contributed by atoms with Gasteiger partial charge in [-0.15, -0.1) is 0 Å². The average Bonchev–Trinajstić information content (AvgIpc) is 2.44. The maximum atomic E-state index is 12.3. The molecule has 2 rings (SSSR count). The van der Waals surface area contributed by atoms with Gasteiger partial charge in [0.15, 0.2) is 0 Å². The Labute approximate surface area is 135 Å². The number of nitro benzene ring substituents is 1. The zero-order valence-electron chi connectivity index (χ0n) is 11.5. The van der Waals surface area contributed by atoms with Crippen molar-refractivity contribution in [1.82, 2.24) is 0 Å². The van der Waals surface area contributed by atoms with Crippen LogP contribution in [0.25, 0.3) is 0 Å². The molecule has 0 heterocycles. The Kier molecular flexibility index (Phi) is 4.56. The topological polar surface area (TPSA) is 72.2 Å². The van der Waals surface area contributed by atoms with Crippen molar-refractivity contribution in [2.24, 2.45) is 0 Å². The highest BCUT2D eigenvalue weighted by molar-refractivity contribution is 14.1. The molecule has 0 aromatic heterocycles. The van der Waals surface area contributed by atoms with Gasteiger partial charge < -0.3 is 5.32 Å². The van der Waals surface area contributed by atoms with Gasteiger partial charge >= 0.3 is 0 Å².